The summed E-state index contributed by atoms with van der Waals surface area (Å²) in [6.45, 7) is 5.05. The number of hydrogen-bond acceptors (Lipinski definition) is 5. The van der Waals surface area contributed by atoms with Gasteiger partial charge in [-0.15, -0.1) is 4.99 Å². The van der Waals surface area contributed by atoms with Gasteiger partial charge < -0.3 is 15.2 Å². The van der Waals surface area contributed by atoms with E-state index in [9.17, 15) is 9.59 Å². The first kappa shape index (κ1) is 13.7. The van der Waals surface area contributed by atoms with E-state index in [1.54, 1.807) is 26.8 Å². The first-order chi connectivity index (χ1) is 8.28. The Balaban J connectivity index is 2.90. The summed E-state index contributed by atoms with van der Waals surface area (Å²) in [5.41, 5.74) is 4.16. The highest BCUT2D eigenvalue weighted by Crippen LogP contribution is 2.08. The lowest BCUT2D eigenvalue weighted by atomic mass is 10.2. The van der Waals surface area contributed by atoms with E-state index in [0.29, 0.717) is 0 Å². The molecule has 0 fully saturated rings. The van der Waals surface area contributed by atoms with Gasteiger partial charge in [0.25, 0.3) is 0 Å². The minimum Gasteiger partial charge on any atom is -0.442 e. The summed E-state index contributed by atoms with van der Waals surface area (Å²) in [5, 5.41) is 3.76. The van der Waals surface area contributed by atoms with Crippen molar-refractivity contribution in [2.75, 3.05) is 0 Å². The van der Waals surface area contributed by atoms with E-state index in [1.165, 1.54) is 12.4 Å². The summed E-state index contributed by atoms with van der Waals surface area (Å²) in [6, 6.07) is 1.19. The van der Waals surface area contributed by atoms with E-state index in [1.807, 2.05) is 0 Å². The number of hydrogen-bond donors (Lipinski definition) is 1. The van der Waals surface area contributed by atoms with Gasteiger partial charge in [-0.2, -0.15) is 9.78 Å². The Bertz CT molecular complexity index is 459. The molecule has 0 aliphatic rings. The molecule has 0 saturated heterocycles. The fourth-order valence-corrected chi connectivity index (χ4v) is 0.956. The smallest absolute Gasteiger partial charge is 0.438 e. The SMILES string of the molecule is CC(C)(C)OC(=O)/N=C(/OC(N)=O)n1cccn1. The van der Waals surface area contributed by atoms with E-state index >= 15 is 0 Å². The molecule has 0 unspecified atom stereocenters. The largest absolute Gasteiger partial charge is 0.442 e. The number of amides is 2. The zero-order valence-corrected chi connectivity index (χ0v) is 10.3. The zero-order valence-electron chi connectivity index (χ0n) is 10.3. The third-order valence-electron chi connectivity index (χ3n) is 1.47. The molecule has 1 rings (SSSR count). The maximum Gasteiger partial charge on any atom is 0.438 e. The number of carbonyl (C=O) groups is 2. The van der Waals surface area contributed by atoms with Crippen LogP contribution in [0.2, 0.25) is 0 Å². The molecule has 1 aromatic rings. The second-order valence-electron chi connectivity index (χ2n) is 4.25. The summed E-state index contributed by atoms with van der Waals surface area (Å²) < 4.78 is 10.6. The van der Waals surface area contributed by atoms with Gasteiger partial charge in [-0.1, -0.05) is 0 Å². The fraction of sp³-hybridized carbons (Fsp3) is 0.400. The molecule has 0 saturated carbocycles. The highest BCUT2D eigenvalue weighted by molar-refractivity contribution is 5.93. The maximum absolute atomic E-state index is 11.5. The van der Waals surface area contributed by atoms with Crippen LogP contribution in [0.4, 0.5) is 9.59 Å². The highest BCUT2D eigenvalue weighted by Gasteiger charge is 2.18. The van der Waals surface area contributed by atoms with Crippen molar-refractivity contribution in [2.45, 2.75) is 26.4 Å². The number of nitrogens with two attached hydrogens (primary N) is 1. The normalized spacial score (nSPS) is 12.1. The highest BCUT2D eigenvalue weighted by atomic mass is 16.6. The van der Waals surface area contributed by atoms with Crippen LogP contribution in [-0.2, 0) is 9.47 Å². The van der Waals surface area contributed by atoms with Crippen molar-refractivity contribution in [2.24, 2.45) is 10.7 Å². The second-order valence-corrected chi connectivity index (χ2v) is 4.25. The van der Waals surface area contributed by atoms with Crippen LogP contribution in [0.15, 0.2) is 23.5 Å². The van der Waals surface area contributed by atoms with E-state index in [2.05, 4.69) is 14.8 Å². The van der Waals surface area contributed by atoms with Gasteiger partial charge in [-0.25, -0.2) is 9.59 Å². The lowest BCUT2D eigenvalue weighted by molar-refractivity contribution is 0.0600. The number of aliphatic imine (C=N–C) groups is 1. The molecule has 8 heteroatoms. The van der Waals surface area contributed by atoms with Crippen LogP contribution < -0.4 is 5.73 Å². The van der Waals surface area contributed by atoms with Gasteiger partial charge in [0, 0.05) is 12.4 Å². The van der Waals surface area contributed by atoms with Gasteiger partial charge in [-0.05, 0) is 26.8 Å². The molecule has 0 aromatic carbocycles. The van der Waals surface area contributed by atoms with Crippen LogP contribution in [-0.4, -0.2) is 33.6 Å². The van der Waals surface area contributed by atoms with Gasteiger partial charge in [0.05, 0.1) is 0 Å². The molecule has 98 valence electrons. The number of aromatic nitrogens is 2. The third-order valence-corrected chi connectivity index (χ3v) is 1.47. The van der Waals surface area contributed by atoms with E-state index in [-0.39, 0.29) is 6.02 Å². The summed E-state index contributed by atoms with van der Waals surface area (Å²) in [5.74, 6) is 0. The summed E-state index contributed by atoms with van der Waals surface area (Å²) in [6.07, 6.45) is 0.850. The van der Waals surface area contributed by atoms with Gasteiger partial charge in [-0.3, -0.25) is 0 Å². The lowest BCUT2D eigenvalue weighted by Crippen LogP contribution is -2.28. The molecule has 0 atom stereocenters. The van der Waals surface area contributed by atoms with Crippen LogP contribution in [0.3, 0.4) is 0 Å². The Hall–Kier alpha value is -2.38. The Kier molecular flexibility index (Phi) is 4.03. The molecule has 0 radical (unpaired) electrons. The number of nitrogens with zero attached hydrogens (tertiary/aromatic N) is 3. The zero-order chi connectivity index (χ0) is 13.8. The van der Waals surface area contributed by atoms with Crippen LogP contribution >= 0.6 is 0 Å². The predicted molar refractivity (Wildman–Crippen MR) is 62.0 cm³/mol. The Morgan fingerprint density at radius 1 is 1.39 bits per heavy atom. The van der Waals surface area contributed by atoms with Crippen molar-refractivity contribution >= 4 is 18.2 Å². The quantitative estimate of drug-likeness (QED) is 0.551. The molecule has 2 amide bonds. The predicted octanol–water partition coefficient (Wildman–Crippen LogP) is 1.12. The minimum absolute atomic E-state index is 0.373. The molecule has 2 N–H and O–H groups in total. The molecule has 0 spiro atoms. The van der Waals surface area contributed by atoms with Gasteiger partial charge >= 0.3 is 18.2 Å². The third kappa shape index (κ3) is 4.64. The van der Waals surface area contributed by atoms with E-state index < -0.39 is 17.8 Å². The Morgan fingerprint density at radius 2 is 2.06 bits per heavy atom. The molecule has 1 aromatic heterocycles. The van der Waals surface area contributed by atoms with Crippen molar-refractivity contribution in [3.63, 3.8) is 0 Å². The van der Waals surface area contributed by atoms with Crippen molar-refractivity contribution in [1.82, 2.24) is 9.78 Å². The molecule has 0 aliphatic heterocycles. The molecule has 0 bridgehead atoms. The standard InChI is InChI=1S/C10H14N4O4/c1-10(2,3)18-9(16)13-8(17-7(11)15)14-6-4-5-12-14/h4-6H,1-3H3,(H2,11,15)/b13-8+. The maximum atomic E-state index is 11.5. The summed E-state index contributed by atoms with van der Waals surface area (Å²) in [7, 11) is 0. The number of ether oxygens (including phenoxy) is 2. The molecule has 0 aliphatic carbocycles. The first-order valence-electron chi connectivity index (χ1n) is 5.07. The molecule has 18 heavy (non-hydrogen) atoms. The van der Waals surface area contributed by atoms with Crippen molar-refractivity contribution < 1.29 is 19.1 Å². The monoisotopic (exact) mass is 254 g/mol. The van der Waals surface area contributed by atoms with E-state index in [0.717, 1.165) is 4.68 Å². The number of rotatable bonds is 0. The molecule has 8 nitrogen and oxygen atoms in total. The average Bonchev–Trinajstić information content (AvgIpc) is 2.64. The van der Waals surface area contributed by atoms with Crippen LogP contribution in [0, 0.1) is 0 Å². The topological polar surface area (TPSA) is 109 Å². The average molecular weight is 254 g/mol. The molecular weight excluding hydrogens is 240 g/mol. The van der Waals surface area contributed by atoms with Crippen LogP contribution in [0.5, 0.6) is 0 Å². The van der Waals surface area contributed by atoms with Crippen molar-refractivity contribution in [3.05, 3.63) is 18.5 Å². The lowest BCUT2D eigenvalue weighted by Gasteiger charge is -2.17. The molecular formula is C10H14N4O4. The summed E-state index contributed by atoms with van der Waals surface area (Å²) >= 11 is 0. The Labute approximate surface area is 103 Å². The van der Waals surface area contributed by atoms with Gasteiger partial charge in [0.1, 0.15) is 5.60 Å². The second kappa shape index (κ2) is 5.30. The van der Waals surface area contributed by atoms with Crippen molar-refractivity contribution in [1.29, 1.82) is 0 Å². The fourth-order valence-electron chi connectivity index (χ4n) is 0.956. The first-order valence-corrected chi connectivity index (χ1v) is 5.07. The summed E-state index contributed by atoms with van der Waals surface area (Å²) in [4.78, 5) is 25.6. The van der Waals surface area contributed by atoms with Crippen LogP contribution in [0.1, 0.15) is 20.8 Å². The van der Waals surface area contributed by atoms with E-state index in [4.69, 9.17) is 10.5 Å². The van der Waals surface area contributed by atoms with Gasteiger partial charge in [0.15, 0.2) is 0 Å². The Morgan fingerprint density at radius 3 is 2.50 bits per heavy atom. The van der Waals surface area contributed by atoms with Gasteiger partial charge in [0.2, 0.25) is 0 Å². The number of carbonyl (C=O) groups excluding carboxylic acids is 2. The number of primary amides is 1. The molecule has 1 heterocycles. The van der Waals surface area contributed by atoms with Crippen molar-refractivity contribution in [3.8, 4) is 0 Å². The minimum atomic E-state index is -1.10. The van der Waals surface area contributed by atoms with Crippen LogP contribution in [0.25, 0.3) is 0 Å².